The molecule has 0 amide bonds. The number of ketones is 1. The Balaban J connectivity index is 2.39. The van der Waals surface area contributed by atoms with Crippen LogP contribution in [-0.4, -0.2) is 11.4 Å². The first-order chi connectivity index (χ1) is 9.59. The van der Waals surface area contributed by atoms with Crippen molar-refractivity contribution in [1.29, 1.82) is 0 Å². The van der Waals surface area contributed by atoms with Gasteiger partial charge in [-0.05, 0) is 35.7 Å². The lowest BCUT2D eigenvalue weighted by atomic mass is 9.91. The van der Waals surface area contributed by atoms with E-state index in [4.69, 9.17) is 0 Å². The van der Waals surface area contributed by atoms with Crippen LogP contribution in [0.15, 0.2) is 48.5 Å². The molecule has 0 fully saturated rings. The maximum Gasteiger partial charge on any atom is 0.163 e. The summed E-state index contributed by atoms with van der Waals surface area (Å²) in [6.07, 6.45) is 1.52. The highest BCUT2D eigenvalue weighted by molar-refractivity contribution is 7.17. The molecule has 2 heteroatoms. The molecule has 0 aliphatic heterocycles. The van der Waals surface area contributed by atoms with Crippen LogP contribution in [0.4, 0.5) is 0 Å². The minimum absolute atomic E-state index is 0.247. The van der Waals surface area contributed by atoms with Crippen LogP contribution in [0.1, 0.15) is 35.7 Å². The molecule has 0 aliphatic carbocycles. The van der Waals surface area contributed by atoms with Crippen LogP contribution in [0.2, 0.25) is 0 Å². The smallest absolute Gasteiger partial charge is 0.163 e. The van der Waals surface area contributed by atoms with E-state index in [2.05, 4.69) is 28.3 Å². The van der Waals surface area contributed by atoms with E-state index in [-0.39, 0.29) is 5.78 Å². The fraction of sp³-hybridized carbons (Fsp3) is 0.278. The van der Waals surface area contributed by atoms with Gasteiger partial charge in [-0.3, -0.25) is 4.79 Å². The molecule has 0 spiro atoms. The molecule has 2 unspecified atom stereocenters. The Hall–Kier alpha value is -1.46. The summed E-state index contributed by atoms with van der Waals surface area (Å²) in [6, 6.07) is 16.2. The zero-order valence-electron chi connectivity index (χ0n) is 12.1. The number of carbonyl (C=O) groups is 1. The molecule has 0 bridgehead atoms. The van der Waals surface area contributed by atoms with Crippen molar-refractivity contribution in [1.82, 2.24) is 0 Å². The highest BCUT2D eigenvalue weighted by Crippen LogP contribution is 2.27. The first kappa shape index (κ1) is 14.9. The molecule has 0 heterocycles. The molecular weight excluding hydrogens is 263 g/mol. The third kappa shape index (κ3) is 3.55. The van der Waals surface area contributed by atoms with Crippen LogP contribution >= 0.6 is 9.24 Å². The Morgan fingerprint density at radius 3 is 2.45 bits per heavy atom. The van der Waals surface area contributed by atoms with E-state index < -0.39 is 0 Å². The van der Waals surface area contributed by atoms with Crippen LogP contribution in [-0.2, 0) is 0 Å². The van der Waals surface area contributed by atoms with E-state index in [1.807, 2.05) is 43.3 Å². The van der Waals surface area contributed by atoms with Gasteiger partial charge in [0, 0.05) is 12.0 Å². The highest BCUT2D eigenvalue weighted by atomic mass is 31.0. The fourth-order valence-corrected chi connectivity index (χ4v) is 2.55. The van der Waals surface area contributed by atoms with E-state index in [0.717, 1.165) is 28.7 Å². The lowest BCUT2D eigenvalue weighted by Crippen LogP contribution is -2.06. The second-order valence-electron chi connectivity index (χ2n) is 5.30. The van der Waals surface area contributed by atoms with Gasteiger partial charge in [-0.1, -0.05) is 55.5 Å². The Morgan fingerprint density at radius 2 is 1.80 bits per heavy atom. The Kier molecular flexibility index (Phi) is 5.09. The minimum atomic E-state index is 0.247. The highest BCUT2D eigenvalue weighted by Gasteiger charge is 2.15. The Bertz CT molecular complexity index is 588. The van der Waals surface area contributed by atoms with E-state index >= 15 is 0 Å². The largest absolute Gasteiger partial charge is 0.294 e. The van der Waals surface area contributed by atoms with Crippen molar-refractivity contribution in [2.45, 2.75) is 32.3 Å². The molecule has 2 aromatic rings. The average molecular weight is 284 g/mol. The van der Waals surface area contributed by atoms with E-state index in [0.29, 0.717) is 12.1 Å². The van der Waals surface area contributed by atoms with Crippen LogP contribution < -0.4 is 0 Å². The maximum absolute atomic E-state index is 12.6. The Morgan fingerprint density at radius 1 is 1.10 bits per heavy atom. The molecule has 0 aromatic heterocycles. The van der Waals surface area contributed by atoms with Crippen molar-refractivity contribution in [2.24, 2.45) is 0 Å². The minimum Gasteiger partial charge on any atom is -0.294 e. The second-order valence-corrected chi connectivity index (χ2v) is 6.44. The summed E-state index contributed by atoms with van der Waals surface area (Å²) >= 11 is 0. The molecule has 0 aliphatic rings. The van der Waals surface area contributed by atoms with Crippen molar-refractivity contribution >= 4 is 15.0 Å². The molecule has 2 atom stereocenters. The summed E-state index contributed by atoms with van der Waals surface area (Å²) in [5, 5.41) is 0. The van der Waals surface area contributed by atoms with Crippen LogP contribution in [0.3, 0.4) is 0 Å². The predicted octanol–water partition coefficient (Wildman–Crippen LogP) is 4.89. The van der Waals surface area contributed by atoms with E-state index in [1.165, 1.54) is 0 Å². The summed E-state index contributed by atoms with van der Waals surface area (Å²) < 4.78 is 0. The van der Waals surface area contributed by atoms with Gasteiger partial charge in [0.25, 0.3) is 0 Å². The zero-order valence-corrected chi connectivity index (χ0v) is 13.3. The maximum atomic E-state index is 12.6. The topological polar surface area (TPSA) is 17.1 Å². The third-order valence-electron chi connectivity index (χ3n) is 3.46. The summed E-state index contributed by atoms with van der Waals surface area (Å²) in [5.41, 5.74) is 4.57. The normalized spacial score (nSPS) is 12.2. The predicted molar refractivity (Wildman–Crippen MR) is 89.4 cm³/mol. The van der Waals surface area contributed by atoms with Crippen molar-refractivity contribution in [3.8, 4) is 11.1 Å². The van der Waals surface area contributed by atoms with Gasteiger partial charge < -0.3 is 0 Å². The van der Waals surface area contributed by atoms with Crippen molar-refractivity contribution in [2.75, 3.05) is 0 Å². The number of aryl methyl sites for hydroxylation is 1. The molecule has 20 heavy (non-hydrogen) atoms. The quantitative estimate of drug-likeness (QED) is 0.564. The number of carbonyl (C=O) groups excluding carboxylic acids is 1. The standard InChI is InChI=1S/C18H21OP/c1-13-7-6-10-16(15-8-4-3-5-9-15)18(13)17(19)12-11-14(2)20/h3-10,14H,11-12,20H2,1-2H3. The molecule has 104 valence electrons. The van der Waals surface area contributed by atoms with Crippen molar-refractivity contribution in [3.63, 3.8) is 0 Å². The van der Waals surface area contributed by atoms with E-state index in [1.54, 1.807) is 0 Å². The molecule has 1 nitrogen and oxygen atoms in total. The van der Waals surface area contributed by atoms with Gasteiger partial charge in [0.1, 0.15) is 0 Å². The number of Topliss-reactive ketones (excluding diaryl/α,β-unsaturated/α-hetero) is 1. The van der Waals surface area contributed by atoms with Gasteiger partial charge in [0.15, 0.2) is 5.78 Å². The third-order valence-corrected chi connectivity index (χ3v) is 3.80. The summed E-state index contributed by atoms with van der Waals surface area (Å²) in [4.78, 5) is 12.6. The summed E-state index contributed by atoms with van der Waals surface area (Å²) in [6.45, 7) is 4.14. The van der Waals surface area contributed by atoms with Gasteiger partial charge in [0.2, 0.25) is 0 Å². The monoisotopic (exact) mass is 284 g/mol. The SMILES string of the molecule is Cc1cccc(-c2ccccc2)c1C(=O)CCC(C)P. The molecule has 0 radical (unpaired) electrons. The van der Waals surface area contributed by atoms with Gasteiger partial charge in [-0.15, -0.1) is 9.24 Å². The van der Waals surface area contributed by atoms with Gasteiger partial charge >= 0.3 is 0 Å². The molecule has 0 saturated heterocycles. The fourth-order valence-electron chi connectivity index (χ4n) is 2.38. The van der Waals surface area contributed by atoms with Crippen molar-refractivity contribution < 1.29 is 4.79 Å². The first-order valence-electron chi connectivity index (χ1n) is 7.03. The summed E-state index contributed by atoms with van der Waals surface area (Å²) in [5.74, 6) is 0.247. The molecule has 2 rings (SSSR count). The number of benzene rings is 2. The lowest BCUT2D eigenvalue weighted by molar-refractivity contribution is 0.0980. The Labute approximate surface area is 123 Å². The number of rotatable bonds is 5. The molecule has 0 saturated carbocycles. The molecule has 2 aromatic carbocycles. The van der Waals surface area contributed by atoms with E-state index in [9.17, 15) is 4.79 Å². The van der Waals surface area contributed by atoms with Crippen LogP contribution in [0.5, 0.6) is 0 Å². The second kappa shape index (κ2) is 6.81. The van der Waals surface area contributed by atoms with Crippen LogP contribution in [0, 0.1) is 6.92 Å². The van der Waals surface area contributed by atoms with Gasteiger partial charge in [0.05, 0.1) is 0 Å². The van der Waals surface area contributed by atoms with Gasteiger partial charge in [-0.2, -0.15) is 0 Å². The number of hydrogen-bond donors (Lipinski definition) is 0. The molecule has 0 N–H and O–H groups in total. The van der Waals surface area contributed by atoms with Crippen molar-refractivity contribution in [3.05, 3.63) is 59.7 Å². The first-order valence-corrected chi connectivity index (χ1v) is 7.70. The van der Waals surface area contributed by atoms with Crippen LogP contribution in [0.25, 0.3) is 11.1 Å². The lowest BCUT2D eigenvalue weighted by Gasteiger charge is -2.12. The summed E-state index contributed by atoms with van der Waals surface area (Å²) in [7, 11) is 2.76. The van der Waals surface area contributed by atoms with Gasteiger partial charge in [-0.25, -0.2) is 0 Å². The molecular formula is C18H21OP. The zero-order chi connectivity index (χ0) is 14.5. The average Bonchev–Trinajstić information content (AvgIpc) is 2.45. The number of hydrogen-bond acceptors (Lipinski definition) is 1.